The van der Waals surface area contributed by atoms with Gasteiger partial charge in [-0.25, -0.2) is 13.1 Å². The lowest BCUT2D eigenvalue weighted by Crippen LogP contribution is -2.39. The first kappa shape index (κ1) is 14.1. The monoisotopic (exact) mass is 297 g/mol. The summed E-state index contributed by atoms with van der Waals surface area (Å²) in [6.07, 6.45) is 8.11. The zero-order valence-corrected chi connectivity index (χ0v) is 12.9. The highest BCUT2D eigenvalue weighted by Crippen LogP contribution is 2.49. The molecule has 112 valence electrons. The molecule has 2 aliphatic rings. The molecule has 2 fully saturated rings. The van der Waals surface area contributed by atoms with Crippen LogP contribution in [-0.4, -0.2) is 24.2 Å². The SMILES string of the molecule is CCn1cc(S(=O)(=O)NC(C)C2CC3CCC2C3)cn1. The minimum absolute atomic E-state index is 0.0141. The van der Waals surface area contributed by atoms with Crippen LogP contribution in [0.4, 0.5) is 0 Å². The Labute approximate surface area is 120 Å². The van der Waals surface area contributed by atoms with Crippen LogP contribution in [0, 0.1) is 17.8 Å². The maximum Gasteiger partial charge on any atom is 0.243 e. The maximum absolute atomic E-state index is 12.4. The summed E-state index contributed by atoms with van der Waals surface area (Å²) in [7, 11) is -3.44. The first-order valence-electron chi connectivity index (χ1n) is 7.54. The first-order chi connectivity index (χ1) is 9.49. The fourth-order valence-electron chi connectivity index (χ4n) is 3.96. The van der Waals surface area contributed by atoms with E-state index in [4.69, 9.17) is 0 Å². The molecular weight excluding hydrogens is 274 g/mol. The largest absolute Gasteiger partial charge is 0.272 e. The molecule has 0 aromatic carbocycles. The molecule has 0 aliphatic heterocycles. The molecular formula is C14H23N3O2S. The number of aryl methyl sites for hydroxylation is 1. The molecule has 1 aromatic rings. The van der Waals surface area contributed by atoms with Gasteiger partial charge in [-0.2, -0.15) is 5.10 Å². The normalized spacial score (nSPS) is 30.8. The van der Waals surface area contributed by atoms with Gasteiger partial charge in [0.05, 0.1) is 6.20 Å². The van der Waals surface area contributed by atoms with Gasteiger partial charge < -0.3 is 0 Å². The minimum Gasteiger partial charge on any atom is -0.272 e. The molecule has 4 atom stereocenters. The van der Waals surface area contributed by atoms with Crippen LogP contribution in [0.3, 0.4) is 0 Å². The number of hydrogen-bond acceptors (Lipinski definition) is 3. The second-order valence-electron chi connectivity index (χ2n) is 6.28. The van der Waals surface area contributed by atoms with E-state index in [1.54, 1.807) is 10.9 Å². The molecule has 5 nitrogen and oxygen atoms in total. The van der Waals surface area contributed by atoms with Crippen molar-refractivity contribution in [1.29, 1.82) is 0 Å². The van der Waals surface area contributed by atoms with Gasteiger partial charge in [0.15, 0.2) is 0 Å². The van der Waals surface area contributed by atoms with Crippen molar-refractivity contribution in [2.45, 2.75) is 57.0 Å². The van der Waals surface area contributed by atoms with Crippen molar-refractivity contribution in [3.63, 3.8) is 0 Å². The maximum atomic E-state index is 12.4. The number of nitrogens with one attached hydrogen (secondary N) is 1. The highest BCUT2D eigenvalue weighted by atomic mass is 32.2. The summed E-state index contributed by atoms with van der Waals surface area (Å²) in [5.74, 6) is 2.06. The van der Waals surface area contributed by atoms with Gasteiger partial charge in [-0.1, -0.05) is 6.42 Å². The Morgan fingerprint density at radius 1 is 1.45 bits per heavy atom. The van der Waals surface area contributed by atoms with Crippen LogP contribution >= 0.6 is 0 Å². The summed E-state index contributed by atoms with van der Waals surface area (Å²) >= 11 is 0. The third kappa shape index (κ3) is 2.51. The van der Waals surface area contributed by atoms with E-state index >= 15 is 0 Å². The van der Waals surface area contributed by atoms with E-state index in [1.807, 2.05) is 13.8 Å². The molecule has 0 amide bonds. The van der Waals surface area contributed by atoms with Crippen molar-refractivity contribution >= 4 is 10.0 Å². The quantitative estimate of drug-likeness (QED) is 0.904. The van der Waals surface area contributed by atoms with E-state index in [9.17, 15) is 8.42 Å². The van der Waals surface area contributed by atoms with Crippen molar-refractivity contribution in [2.24, 2.45) is 17.8 Å². The molecule has 2 bridgehead atoms. The Morgan fingerprint density at radius 3 is 2.80 bits per heavy atom. The van der Waals surface area contributed by atoms with Gasteiger partial charge in [-0.15, -0.1) is 0 Å². The van der Waals surface area contributed by atoms with Crippen LogP contribution in [-0.2, 0) is 16.6 Å². The lowest BCUT2D eigenvalue weighted by molar-refractivity contribution is 0.280. The van der Waals surface area contributed by atoms with Crippen LogP contribution in [0.1, 0.15) is 39.5 Å². The third-order valence-electron chi connectivity index (χ3n) is 5.02. The van der Waals surface area contributed by atoms with Crippen LogP contribution in [0.5, 0.6) is 0 Å². The van der Waals surface area contributed by atoms with Gasteiger partial charge in [-0.3, -0.25) is 4.68 Å². The van der Waals surface area contributed by atoms with Crippen molar-refractivity contribution in [1.82, 2.24) is 14.5 Å². The zero-order valence-electron chi connectivity index (χ0n) is 12.1. The molecule has 1 heterocycles. The smallest absolute Gasteiger partial charge is 0.243 e. The molecule has 20 heavy (non-hydrogen) atoms. The molecule has 0 radical (unpaired) electrons. The van der Waals surface area contributed by atoms with E-state index in [-0.39, 0.29) is 10.9 Å². The van der Waals surface area contributed by atoms with E-state index < -0.39 is 10.0 Å². The van der Waals surface area contributed by atoms with Crippen molar-refractivity contribution in [3.05, 3.63) is 12.4 Å². The Kier molecular flexibility index (Phi) is 3.62. The van der Waals surface area contributed by atoms with Gasteiger partial charge in [0.2, 0.25) is 10.0 Å². The lowest BCUT2D eigenvalue weighted by atomic mass is 9.84. The number of nitrogens with zero attached hydrogens (tertiary/aromatic N) is 2. The van der Waals surface area contributed by atoms with Gasteiger partial charge in [0.25, 0.3) is 0 Å². The summed E-state index contributed by atoms with van der Waals surface area (Å²) in [6, 6.07) is 0.0141. The van der Waals surface area contributed by atoms with Crippen LogP contribution in [0.15, 0.2) is 17.3 Å². The number of aromatic nitrogens is 2. The molecule has 4 unspecified atom stereocenters. The molecule has 2 aliphatic carbocycles. The predicted molar refractivity (Wildman–Crippen MR) is 76.6 cm³/mol. The van der Waals surface area contributed by atoms with Crippen LogP contribution in [0.2, 0.25) is 0 Å². The van der Waals surface area contributed by atoms with Gasteiger partial charge >= 0.3 is 0 Å². The molecule has 1 N–H and O–H groups in total. The number of rotatable bonds is 5. The minimum atomic E-state index is -3.44. The van der Waals surface area contributed by atoms with E-state index in [0.29, 0.717) is 12.5 Å². The number of hydrogen-bond donors (Lipinski definition) is 1. The Morgan fingerprint density at radius 2 is 2.25 bits per heavy atom. The summed E-state index contributed by atoms with van der Waals surface area (Å²) < 4.78 is 29.2. The van der Waals surface area contributed by atoms with Gasteiger partial charge in [0.1, 0.15) is 4.90 Å². The second kappa shape index (κ2) is 5.15. The Bertz CT molecular complexity index is 581. The van der Waals surface area contributed by atoms with Gasteiger partial charge in [-0.05, 0) is 50.9 Å². The molecule has 1 aromatic heterocycles. The highest BCUT2D eigenvalue weighted by molar-refractivity contribution is 7.89. The second-order valence-corrected chi connectivity index (χ2v) is 7.99. The number of sulfonamides is 1. The topological polar surface area (TPSA) is 64.0 Å². The summed E-state index contributed by atoms with van der Waals surface area (Å²) in [5, 5.41) is 4.04. The molecule has 3 rings (SSSR count). The molecule has 6 heteroatoms. The van der Waals surface area contributed by atoms with E-state index in [1.165, 1.54) is 31.9 Å². The molecule has 0 spiro atoms. The fourth-order valence-corrected chi connectivity index (χ4v) is 5.21. The average molecular weight is 297 g/mol. The van der Waals surface area contributed by atoms with E-state index in [2.05, 4.69) is 9.82 Å². The highest BCUT2D eigenvalue weighted by Gasteiger charge is 2.42. The van der Waals surface area contributed by atoms with Crippen LogP contribution < -0.4 is 4.72 Å². The van der Waals surface area contributed by atoms with Crippen LogP contribution in [0.25, 0.3) is 0 Å². The van der Waals surface area contributed by atoms with Crippen molar-refractivity contribution in [2.75, 3.05) is 0 Å². The Balaban J connectivity index is 1.69. The average Bonchev–Trinajstić information content (AvgIpc) is 3.13. The van der Waals surface area contributed by atoms with Crippen molar-refractivity contribution in [3.8, 4) is 0 Å². The third-order valence-corrected chi connectivity index (χ3v) is 6.53. The predicted octanol–water partition coefficient (Wildman–Crippen LogP) is 2.01. The standard InChI is InChI=1S/C14H23N3O2S/c1-3-17-9-13(8-15-17)20(18,19)16-10(2)14-7-11-4-5-12(14)6-11/h8-12,14,16H,3-7H2,1-2H3. The fraction of sp³-hybridized carbons (Fsp3) is 0.786. The lowest BCUT2D eigenvalue weighted by Gasteiger charge is -2.28. The Hall–Kier alpha value is -0.880. The summed E-state index contributed by atoms with van der Waals surface area (Å²) in [5.41, 5.74) is 0. The van der Waals surface area contributed by atoms with Gasteiger partial charge in [0, 0.05) is 18.8 Å². The molecule has 0 saturated heterocycles. The first-order valence-corrected chi connectivity index (χ1v) is 9.02. The zero-order chi connectivity index (χ0) is 14.3. The number of fused-ring (bicyclic) bond motifs is 2. The summed E-state index contributed by atoms with van der Waals surface area (Å²) in [4.78, 5) is 0.273. The molecule has 2 saturated carbocycles. The van der Waals surface area contributed by atoms with Crippen molar-refractivity contribution < 1.29 is 8.42 Å². The summed E-state index contributed by atoms with van der Waals surface area (Å²) in [6.45, 7) is 4.62. The van der Waals surface area contributed by atoms with E-state index in [0.717, 1.165) is 11.8 Å².